The lowest BCUT2D eigenvalue weighted by Crippen LogP contribution is -2.33. The highest BCUT2D eigenvalue weighted by Crippen LogP contribution is 2.25. The molecular weight excluding hydrogens is 254 g/mol. The lowest BCUT2D eigenvalue weighted by atomic mass is 9.85. The standard InChI is InChI=1S/C16H33NOS/c1-16(2,3)8-7-15(14-18)6-4-5-9-17-10-12-19-13-11-17/h15,18H,4-14H2,1-3H3/t15-/m1/s1. The van der Waals surface area contributed by atoms with Crippen molar-refractivity contribution in [1.82, 2.24) is 4.90 Å². The monoisotopic (exact) mass is 287 g/mol. The summed E-state index contributed by atoms with van der Waals surface area (Å²) in [6.45, 7) is 11.0. The molecule has 0 bridgehead atoms. The summed E-state index contributed by atoms with van der Waals surface area (Å²) >= 11 is 2.08. The first kappa shape index (κ1) is 17.3. The van der Waals surface area contributed by atoms with E-state index >= 15 is 0 Å². The van der Waals surface area contributed by atoms with Gasteiger partial charge in [0.15, 0.2) is 0 Å². The van der Waals surface area contributed by atoms with Gasteiger partial charge in [-0.05, 0) is 43.6 Å². The molecule has 0 aromatic heterocycles. The average Bonchev–Trinajstić information content (AvgIpc) is 2.38. The summed E-state index contributed by atoms with van der Waals surface area (Å²) in [4.78, 5) is 2.60. The van der Waals surface area contributed by atoms with E-state index in [1.807, 2.05) is 0 Å². The van der Waals surface area contributed by atoms with E-state index in [-0.39, 0.29) is 0 Å². The molecule has 3 heteroatoms. The second-order valence-electron chi connectivity index (χ2n) is 7.10. The zero-order valence-corrected chi connectivity index (χ0v) is 14.0. The molecule has 0 aromatic carbocycles. The maximum Gasteiger partial charge on any atom is 0.0459 e. The van der Waals surface area contributed by atoms with Gasteiger partial charge in [-0.25, -0.2) is 0 Å². The molecule has 2 nitrogen and oxygen atoms in total. The van der Waals surface area contributed by atoms with Crippen molar-refractivity contribution in [2.24, 2.45) is 11.3 Å². The molecule has 0 unspecified atom stereocenters. The van der Waals surface area contributed by atoms with Crippen molar-refractivity contribution in [3.05, 3.63) is 0 Å². The van der Waals surface area contributed by atoms with Gasteiger partial charge in [0.05, 0.1) is 0 Å². The fourth-order valence-corrected chi connectivity index (χ4v) is 3.54. The Morgan fingerprint density at radius 1 is 1.11 bits per heavy atom. The SMILES string of the molecule is CC(C)(C)CC[C@H](CO)CCCCN1CCSCC1. The third-order valence-electron chi connectivity index (χ3n) is 4.00. The zero-order chi connectivity index (χ0) is 14.1. The number of aliphatic hydroxyl groups excluding tert-OH is 1. The van der Waals surface area contributed by atoms with Crippen LogP contribution in [0.4, 0.5) is 0 Å². The van der Waals surface area contributed by atoms with Crippen LogP contribution in [-0.4, -0.2) is 47.8 Å². The van der Waals surface area contributed by atoms with Gasteiger partial charge in [-0.15, -0.1) is 0 Å². The van der Waals surface area contributed by atoms with Gasteiger partial charge < -0.3 is 10.0 Å². The average molecular weight is 288 g/mol. The summed E-state index contributed by atoms with van der Waals surface area (Å²) in [5, 5.41) is 9.46. The molecule has 1 atom stereocenters. The van der Waals surface area contributed by atoms with Gasteiger partial charge in [-0.1, -0.05) is 27.2 Å². The maximum atomic E-state index is 9.46. The van der Waals surface area contributed by atoms with Crippen LogP contribution in [0.5, 0.6) is 0 Å². The number of hydrogen-bond donors (Lipinski definition) is 1. The van der Waals surface area contributed by atoms with Gasteiger partial charge in [-0.2, -0.15) is 11.8 Å². The summed E-state index contributed by atoms with van der Waals surface area (Å²) in [6.07, 6.45) is 6.19. The fraction of sp³-hybridized carbons (Fsp3) is 1.00. The Labute approximate surface area is 124 Å². The predicted octanol–water partition coefficient (Wildman–Crippen LogP) is 3.64. The van der Waals surface area contributed by atoms with Crippen molar-refractivity contribution in [3.8, 4) is 0 Å². The van der Waals surface area contributed by atoms with E-state index in [1.54, 1.807) is 0 Å². The van der Waals surface area contributed by atoms with Crippen LogP contribution in [-0.2, 0) is 0 Å². The highest BCUT2D eigenvalue weighted by molar-refractivity contribution is 7.99. The van der Waals surface area contributed by atoms with Crippen LogP contribution in [0.1, 0.15) is 52.9 Å². The molecule has 0 aliphatic carbocycles. The third-order valence-corrected chi connectivity index (χ3v) is 4.94. The van der Waals surface area contributed by atoms with Crippen molar-refractivity contribution in [3.63, 3.8) is 0 Å². The first-order valence-corrected chi connectivity index (χ1v) is 9.08. The van der Waals surface area contributed by atoms with E-state index in [4.69, 9.17) is 0 Å². The van der Waals surface area contributed by atoms with Crippen molar-refractivity contribution in [2.45, 2.75) is 52.9 Å². The number of nitrogens with zero attached hydrogens (tertiary/aromatic N) is 1. The van der Waals surface area contributed by atoms with E-state index in [0.29, 0.717) is 17.9 Å². The van der Waals surface area contributed by atoms with Crippen molar-refractivity contribution in [1.29, 1.82) is 0 Å². The summed E-state index contributed by atoms with van der Waals surface area (Å²) in [7, 11) is 0. The predicted molar refractivity (Wildman–Crippen MR) is 86.9 cm³/mol. The highest BCUT2D eigenvalue weighted by Gasteiger charge is 2.15. The van der Waals surface area contributed by atoms with E-state index in [1.165, 1.54) is 63.2 Å². The Kier molecular flexibility index (Phi) is 8.43. The number of hydrogen-bond acceptors (Lipinski definition) is 3. The van der Waals surface area contributed by atoms with Gasteiger partial charge in [0.2, 0.25) is 0 Å². The Bertz CT molecular complexity index is 221. The minimum atomic E-state index is 0.371. The summed E-state index contributed by atoms with van der Waals surface area (Å²) in [5.74, 6) is 3.14. The van der Waals surface area contributed by atoms with Crippen LogP contribution in [0.25, 0.3) is 0 Å². The molecule has 0 amide bonds. The molecule has 0 saturated carbocycles. The molecule has 1 saturated heterocycles. The molecule has 1 rings (SSSR count). The molecule has 114 valence electrons. The van der Waals surface area contributed by atoms with Crippen LogP contribution in [0.15, 0.2) is 0 Å². The van der Waals surface area contributed by atoms with Crippen LogP contribution in [0.3, 0.4) is 0 Å². The molecule has 1 N–H and O–H groups in total. The highest BCUT2D eigenvalue weighted by atomic mass is 32.2. The summed E-state index contributed by atoms with van der Waals surface area (Å²) in [6, 6.07) is 0. The lowest BCUT2D eigenvalue weighted by Gasteiger charge is -2.26. The number of aliphatic hydroxyl groups is 1. The van der Waals surface area contributed by atoms with Gasteiger partial charge in [0.25, 0.3) is 0 Å². The topological polar surface area (TPSA) is 23.5 Å². The van der Waals surface area contributed by atoms with E-state index in [0.717, 1.165) is 0 Å². The Morgan fingerprint density at radius 2 is 1.79 bits per heavy atom. The molecule has 0 radical (unpaired) electrons. The molecule has 0 aromatic rings. The fourth-order valence-electron chi connectivity index (χ4n) is 2.56. The molecular formula is C16H33NOS. The lowest BCUT2D eigenvalue weighted by molar-refractivity contribution is 0.188. The van der Waals surface area contributed by atoms with Gasteiger partial charge in [0.1, 0.15) is 0 Å². The van der Waals surface area contributed by atoms with Gasteiger partial charge in [-0.3, -0.25) is 0 Å². The largest absolute Gasteiger partial charge is 0.396 e. The first-order valence-electron chi connectivity index (χ1n) is 7.92. The van der Waals surface area contributed by atoms with E-state index < -0.39 is 0 Å². The van der Waals surface area contributed by atoms with Crippen molar-refractivity contribution < 1.29 is 5.11 Å². The van der Waals surface area contributed by atoms with Crippen LogP contribution < -0.4 is 0 Å². The van der Waals surface area contributed by atoms with Gasteiger partial charge >= 0.3 is 0 Å². The molecule has 19 heavy (non-hydrogen) atoms. The quantitative estimate of drug-likeness (QED) is 0.690. The Morgan fingerprint density at radius 3 is 2.37 bits per heavy atom. The molecule has 1 fully saturated rings. The number of thioether (sulfide) groups is 1. The van der Waals surface area contributed by atoms with Crippen molar-refractivity contribution >= 4 is 11.8 Å². The zero-order valence-electron chi connectivity index (χ0n) is 13.2. The second-order valence-corrected chi connectivity index (χ2v) is 8.32. The molecule has 1 aliphatic rings. The molecule has 1 aliphatic heterocycles. The smallest absolute Gasteiger partial charge is 0.0459 e. The minimum Gasteiger partial charge on any atom is -0.396 e. The van der Waals surface area contributed by atoms with Crippen molar-refractivity contribution in [2.75, 3.05) is 37.7 Å². The summed E-state index contributed by atoms with van der Waals surface area (Å²) < 4.78 is 0. The second kappa shape index (κ2) is 9.25. The van der Waals surface area contributed by atoms with E-state index in [9.17, 15) is 5.11 Å². The summed E-state index contributed by atoms with van der Waals surface area (Å²) in [5.41, 5.74) is 0.402. The van der Waals surface area contributed by atoms with Crippen LogP contribution >= 0.6 is 11.8 Å². The number of unbranched alkanes of at least 4 members (excludes halogenated alkanes) is 1. The first-order chi connectivity index (χ1) is 9.01. The minimum absolute atomic E-state index is 0.371. The molecule has 0 spiro atoms. The third kappa shape index (κ3) is 8.93. The normalized spacial score (nSPS) is 19.6. The maximum absolute atomic E-state index is 9.46. The van der Waals surface area contributed by atoms with E-state index in [2.05, 4.69) is 37.4 Å². The van der Waals surface area contributed by atoms with Crippen LogP contribution in [0, 0.1) is 11.3 Å². The van der Waals surface area contributed by atoms with Gasteiger partial charge in [0, 0.05) is 31.2 Å². The Hall–Kier alpha value is 0.270. The van der Waals surface area contributed by atoms with Crippen LogP contribution in [0.2, 0.25) is 0 Å². The number of rotatable bonds is 8. The molecule has 1 heterocycles. The Balaban J connectivity index is 2.05.